The Morgan fingerprint density at radius 3 is 2.54 bits per heavy atom. The number of hydrogen-bond acceptors (Lipinski definition) is 4. The Labute approximate surface area is 145 Å². The maximum Gasteiger partial charge on any atom is 0.351 e. The van der Waals surface area contributed by atoms with E-state index in [2.05, 4.69) is 4.98 Å². The molecule has 1 fully saturated rings. The van der Waals surface area contributed by atoms with Crippen molar-refractivity contribution in [2.24, 2.45) is 0 Å². The van der Waals surface area contributed by atoms with Crippen LogP contribution in [0.3, 0.4) is 0 Å². The van der Waals surface area contributed by atoms with Crippen molar-refractivity contribution in [3.63, 3.8) is 0 Å². The van der Waals surface area contributed by atoms with Crippen LogP contribution in [0.1, 0.15) is 12.5 Å². The molecule has 5 nitrogen and oxygen atoms in total. The number of pyridine rings is 1. The molecule has 1 N–H and O–H groups in total. The minimum atomic E-state index is -3.82. The van der Waals surface area contributed by atoms with E-state index < -0.39 is 35.6 Å². The number of alkyl halides is 2. The van der Waals surface area contributed by atoms with Crippen LogP contribution in [-0.2, 0) is 11.3 Å². The van der Waals surface area contributed by atoms with Crippen molar-refractivity contribution in [1.29, 1.82) is 0 Å². The van der Waals surface area contributed by atoms with Gasteiger partial charge in [0.15, 0.2) is 11.6 Å². The van der Waals surface area contributed by atoms with E-state index in [1.807, 2.05) is 0 Å². The number of ether oxygens (including phenoxy) is 1. The number of amides is 1. The number of halogens is 4. The second kappa shape index (κ2) is 6.56. The zero-order valence-electron chi connectivity index (χ0n) is 13.5. The van der Waals surface area contributed by atoms with E-state index in [0.717, 1.165) is 17.0 Å². The van der Waals surface area contributed by atoms with Crippen molar-refractivity contribution in [1.82, 2.24) is 9.88 Å². The molecule has 9 heteroatoms. The Bertz CT molecular complexity index is 829. The molecule has 1 aliphatic heterocycles. The maximum atomic E-state index is 13.6. The molecule has 3 rings (SSSR count). The number of carbonyl (C=O) groups is 1. The van der Waals surface area contributed by atoms with Gasteiger partial charge < -0.3 is 14.7 Å². The molecule has 0 saturated carbocycles. The normalized spacial score (nSPS) is 21.9. The van der Waals surface area contributed by atoms with Crippen LogP contribution in [0.5, 0.6) is 11.6 Å². The van der Waals surface area contributed by atoms with E-state index in [1.165, 1.54) is 25.3 Å². The predicted molar refractivity (Wildman–Crippen MR) is 81.6 cm³/mol. The Morgan fingerprint density at radius 1 is 1.27 bits per heavy atom. The van der Waals surface area contributed by atoms with Gasteiger partial charge in [-0.2, -0.15) is 8.78 Å². The Balaban J connectivity index is 1.71. The first-order chi connectivity index (χ1) is 12.2. The highest BCUT2D eigenvalue weighted by atomic mass is 19.3. The molecule has 0 spiro atoms. The van der Waals surface area contributed by atoms with Crippen molar-refractivity contribution in [3.8, 4) is 11.6 Å². The maximum absolute atomic E-state index is 13.6. The summed E-state index contributed by atoms with van der Waals surface area (Å²) in [5, 5.41) is 9.49. The molecule has 0 radical (unpaired) electrons. The topological polar surface area (TPSA) is 62.7 Å². The molecule has 1 saturated heterocycles. The van der Waals surface area contributed by atoms with Crippen LogP contribution >= 0.6 is 0 Å². The van der Waals surface area contributed by atoms with Crippen LogP contribution in [-0.4, -0.2) is 39.0 Å². The Morgan fingerprint density at radius 2 is 2.00 bits per heavy atom. The van der Waals surface area contributed by atoms with Gasteiger partial charge in [-0.05, 0) is 24.6 Å². The first-order valence-corrected chi connectivity index (χ1v) is 7.65. The lowest BCUT2D eigenvalue weighted by atomic mass is 10.1. The fourth-order valence-corrected chi connectivity index (χ4v) is 2.62. The molecular weight excluding hydrogens is 356 g/mol. The standard InChI is InChI=1S/C17H14F4N2O3/c1-9-15(24)17(20,21)16(25)23(9)8-10-2-5-14(22-7-10)26-13-4-3-11(18)6-12(13)19/h2-7,9,15,24H,8H2,1H3/t9-,15+/m0/s1. The van der Waals surface area contributed by atoms with Gasteiger partial charge in [-0.15, -0.1) is 0 Å². The molecule has 2 heterocycles. The quantitative estimate of drug-likeness (QED) is 0.841. The third-order valence-electron chi connectivity index (χ3n) is 4.12. The lowest BCUT2D eigenvalue weighted by molar-refractivity contribution is -0.155. The van der Waals surface area contributed by atoms with Gasteiger partial charge in [-0.1, -0.05) is 6.07 Å². The van der Waals surface area contributed by atoms with Gasteiger partial charge in [0.25, 0.3) is 5.91 Å². The fourth-order valence-electron chi connectivity index (χ4n) is 2.62. The SMILES string of the molecule is C[C@H]1[C@@H](O)C(F)(F)C(=O)N1Cc1ccc(Oc2ccc(F)cc2F)nc1. The van der Waals surface area contributed by atoms with Crippen LogP contribution in [0.4, 0.5) is 17.6 Å². The fraction of sp³-hybridized carbons (Fsp3) is 0.294. The smallest absolute Gasteiger partial charge is 0.351 e. The minimum Gasteiger partial charge on any atom is -0.436 e. The number of aliphatic hydroxyl groups excluding tert-OH is 1. The van der Waals surface area contributed by atoms with E-state index >= 15 is 0 Å². The number of nitrogens with zero attached hydrogens (tertiary/aromatic N) is 2. The largest absolute Gasteiger partial charge is 0.436 e. The highest BCUT2D eigenvalue weighted by Gasteiger charge is 2.59. The molecule has 0 unspecified atom stereocenters. The number of benzene rings is 1. The van der Waals surface area contributed by atoms with Crippen LogP contribution in [0.2, 0.25) is 0 Å². The van der Waals surface area contributed by atoms with Gasteiger partial charge in [0, 0.05) is 24.9 Å². The summed E-state index contributed by atoms with van der Waals surface area (Å²) < 4.78 is 58.7. The molecule has 2 aromatic rings. The van der Waals surface area contributed by atoms with E-state index in [0.29, 0.717) is 11.6 Å². The van der Waals surface area contributed by atoms with Gasteiger partial charge in [0.2, 0.25) is 5.88 Å². The Kier molecular flexibility index (Phi) is 4.57. The summed E-state index contributed by atoms with van der Waals surface area (Å²) in [5.41, 5.74) is 0.419. The molecule has 138 valence electrons. The first-order valence-electron chi connectivity index (χ1n) is 7.65. The van der Waals surface area contributed by atoms with Gasteiger partial charge >= 0.3 is 5.92 Å². The summed E-state index contributed by atoms with van der Waals surface area (Å²) in [7, 11) is 0. The van der Waals surface area contributed by atoms with E-state index in [9.17, 15) is 27.5 Å². The lowest BCUT2D eigenvalue weighted by Crippen LogP contribution is -2.37. The molecule has 1 aromatic carbocycles. The summed E-state index contributed by atoms with van der Waals surface area (Å²) in [6.07, 6.45) is -0.799. The lowest BCUT2D eigenvalue weighted by Gasteiger charge is -2.21. The van der Waals surface area contributed by atoms with Crippen molar-refractivity contribution >= 4 is 5.91 Å². The zero-order chi connectivity index (χ0) is 19.1. The summed E-state index contributed by atoms with van der Waals surface area (Å²) in [5.74, 6) is -7.14. The van der Waals surface area contributed by atoms with Crippen LogP contribution in [0, 0.1) is 11.6 Å². The van der Waals surface area contributed by atoms with E-state index in [-0.39, 0.29) is 18.2 Å². The minimum absolute atomic E-state index is 0.00502. The van der Waals surface area contributed by atoms with Gasteiger partial charge in [0.05, 0.1) is 6.04 Å². The van der Waals surface area contributed by atoms with E-state index in [1.54, 1.807) is 0 Å². The van der Waals surface area contributed by atoms with E-state index in [4.69, 9.17) is 4.74 Å². The molecule has 0 bridgehead atoms. The number of carbonyl (C=O) groups excluding carboxylic acids is 1. The number of aliphatic hydroxyl groups is 1. The molecule has 2 atom stereocenters. The summed E-state index contributed by atoms with van der Waals surface area (Å²) >= 11 is 0. The van der Waals surface area contributed by atoms with Crippen LogP contribution in [0.15, 0.2) is 36.5 Å². The molecule has 1 amide bonds. The zero-order valence-corrected chi connectivity index (χ0v) is 13.5. The number of aromatic nitrogens is 1. The summed E-state index contributed by atoms with van der Waals surface area (Å²) in [4.78, 5) is 16.5. The Hall–Kier alpha value is -2.68. The first kappa shape index (κ1) is 18.1. The van der Waals surface area contributed by atoms with Crippen LogP contribution in [0.25, 0.3) is 0 Å². The highest BCUT2D eigenvalue weighted by molar-refractivity contribution is 5.87. The monoisotopic (exact) mass is 370 g/mol. The molecule has 0 aliphatic carbocycles. The molecule has 26 heavy (non-hydrogen) atoms. The average Bonchev–Trinajstić information content (AvgIpc) is 2.74. The molecule has 1 aromatic heterocycles. The van der Waals surface area contributed by atoms with Gasteiger partial charge in [-0.25, -0.2) is 13.8 Å². The number of hydrogen-bond donors (Lipinski definition) is 1. The van der Waals surface area contributed by atoms with Crippen molar-refractivity contribution in [2.45, 2.75) is 31.5 Å². The number of rotatable bonds is 4. The third-order valence-corrected chi connectivity index (χ3v) is 4.12. The van der Waals surface area contributed by atoms with Crippen molar-refractivity contribution in [3.05, 3.63) is 53.7 Å². The second-order valence-corrected chi connectivity index (χ2v) is 5.92. The van der Waals surface area contributed by atoms with Gasteiger partial charge in [-0.3, -0.25) is 4.79 Å². The summed E-state index contributed by atoms with van der Waals surface area (Å²) in [6, 6.07) is 4.56. The number of likely N-dealkylation sites (tertiary alicyclic amines) is 1. The van der Waals surface area contributed by atoms with Gasteiger partial charge in [0.1, 0.15) is 11.9 Å². The predicted octanol–water partition coefficient (Wildman–Crippen LogP) is 2.88. The summed E-state index contributed by atoms with van der Waals surface area (Å²) in [6.45, 7) is 1.15. The van der Waals surface area contributed by atoms with Crippen LogP contribution < -0.4 is 4.74 Å². The molecule has 1 aliphatic rings. The highest BCUT2D eigenvalue weighted by Crippen LogP contribution is 2.34. The average molecular weight is 370 g/mol. The van der Waals surface area contributed by atoms with Crippen molar-refractivity contribution < 1.29 is 32.2 Å². The third kappa shape index (κ3) is 3.22. The van der Waals surface area contributed by atoms with Crippen molar-refractivity contribution in [2.75, 3.05) is 0 Å². The second-order valence-electron chi connectivity index (χ2n) is 5.92. The molecular formula is C17H14F4N2O3.